The quantitative estimate of drug-likeness (QED) is 0.282. The van der Waals surface area contributed by atoms with Gasteiger partial charge in [0, 0.05) is 69.6 Å². The van der Waals surface area contributed by atoms with Gasteiger partial charge in [0.15, 0.2) is 5.82 Å². The van der Waals surface area contributed by atoms with E-state index in [0.717, 1.165) is 11.3 Å². The number of hydrogen-bond acceptors (Lipinski definition) is 8. The molecule has 0 bridgehead atoms. The van der Waals surface area contributed by atoms with Crippen LogP contribution in [-0.2, 0) is 14.4 Å². The van der Waals surface area contributed by atoms with Crippen molar-refractivity contribution in [2.75, 3.05) is 54.8 Å². The number of nitrogens with zero attached hydrogens (tertiary/aromatic N) is 4. The third kappa shape index (κ3) is 6.94. The van der Waals surface area contributed by atoms with Crippen molar-refractivity contribution in [2.45, 2.75) is 6.92 Å². The maximum absolute atomic E-state index is 12.9. The molecular weight excluding hydrogens is 474 g/mol. The lowest BCUT2D eigenvalue weighted by atomic mass is 10.2. The lowest BCUT2D eigenvalue weighted by molar-refractivity contribution is -0.143. The molecule has 1 aliphatic rings. The molecule has 1 aliphatic heterocycles. The molecule has 0 unspecified atom stereocenters. The summed E-state index contributed by atoms with van der Waals surface area (Å²) in [4.78, 5) is 49.3. The van der Waals surface area contributed by atoms with E-state index in [9.17, 15) is 19.5 Å². The largest absolute Gasteiger partial charge is 0.508 e. The van der Waals surface area contributed by atoms with Crippen LogP contribution in [0.5, 0.6) is 5.75 Å². The van der Waals surface area contributed by atoms with Gasteiger partial charge in [-0.1, -0.05) is 36.4 Å². The number of carbonyl (C=O) groups is 3. The summed E-state index contributed by atoms with van der Waals surface area (Å²) in [6, 6.07) is 17.8. The van der Waals surface area contributed by atoms with Crippen LogP contribution in [0.1, 0.15) is 6.92 Å². The van der Waals surface area contributed by atoms with Gasteiger partial charge in [0.1, 0.15) is 17.4 Å². The third-order valence-corrected chi connectivity index (χ3v) is 5.76. The van der Waals surface area contributed by atoms with Crippen LogP contribution in [0.2, 0.25) is 0 Å². The van der Waals surface area contributed by atoms with E-state index in [1.54, 1.807) is 24.3 Å². The second kappa shape index (κ2) is 11.8. The Labute approximate surface area is 214 Å². The zero-order valence-electron chi connectivity index (χ0n) is 20.5. The fourth-order valence-electron chi connectivity index (χ4n) is 3.92. The van der Waals surface area contributed by atoms with Crippen LogP contribution in [0.4, 0.5) is 17.3 Å². The molecular formula is C26H29N7O4. The maximum Gasteiger partial charge on any atom is 0.315 e. The Kier molecular flexibility index (Phi) is 8.14. The van der Waals surface area contributed by atoms with Crippen molar-refractivity contribution >= 4 is 35.0 Å². The van der Waals surface area contributed by atoms with Crippen LogP contribution in [0.3, 0.4) is 0 Å². The van der Waals surface area contributed by atoms with E-state index in [2.05, 4.69) is 30.8 Å². The molecule has 4 rings (SSSR count). The van der Waals surface area contributed by atoms with Gasteiger partial charge in [0.25, 0.3) is 0 Å². The highest BCUT2D eigenvalue weighted by atomic mass is 16.3. The Bertz CT molecular complexity index is 1260. The summed E-state index contributed by atoms with van der Waals surface area (Å²) >= 11 is 0. The summed E-state index contributed by atoms with van der Waals surface area (Å²) in [7, 11) is 0. The predicted molar refractivity (Wildman–Crippen MR) is 140 cm³/mol. The summed E-state index contributed by atoms with van der Waals surface area (Å²) < 4.78 is 0. The Balaban J connectivity index is 1.42. The predicted octanol–water partition coefficient (Wildman–Crippen LogP) is 1.68. The van der Waals surface area contributed by atoms with Crippen LogP contribution in [-0.4, -0.2) is 77.0 Å². The number of aromatic nitrogens is 2. The van der Waals surface area contributed by atoms with Gasteiger partial charge in [-0.25, -0.2) is 9.97 Å². The minimum atomic E-state index is -0.785. The number of carbonyl (C=O) groups excluding carboxylic acids is 3. The van der Waals surface area contributed by atoms with E-state index in [0.29, 0.717) is 50.9 Å². The number of nitrogens with one attached hydrogen (secondary N) is 3. The average molecular weight is 504 g/mol. The van der Waals surface area contributed by atoms with Crippen molar-refractivity contribution < 1.29 is 19.5 Å². The van der Waals surface area contributed by atoms with Gasteiger partial charge in [0.05, 0.1) is 0 Å². The number of rotatable bonds is 7. The van der Waals surface area contributed by atoms with Gasteiger partial charge in [-0.05, 0) is 12.1 Å². The van der Waals surface area contributed by atoms with E-state index >= 15 is 0 Å². The average Bonchev–Trinajstić information content (AvgIpc) is 2.91. The van der Waals surface area contributed by atoms with E-state index < -0.39 is 11.8 Å². The van der Waals surface area contributed by atoms with E-state index in [-0.39, 0.29) is 17.5 Å². The SMILES string of the molecule is CC(=O)NCCNc1cc(NC(=O)C(=O)N2CCN(c3cccc(O)c3)CC2)nc(-c2ccccc2)n1. The molecule has 0 saturated carbocycles. The summed E-state index contributed by atoms with van der Waals surface area (Å²) in [5, 5.41) is 18.1. The molecule has 11 heteroatoms. The topological polar surface area (TPSA) is 140 Å². The number of aromatic hydroxyl groups is 1. The molecule has 0 spiro atoms. The highest BCUT2D eigenvalue weighted by molar-refractivity contribution is 6.39. The Morgan fingerprint density at radius 3 is 2.32 bits per heavy atom. The highest BCUT2D eigenvalue weighted by Gasteiger charge is 2.27. The van der Waals surface area contributed by atoms with Gasteiger partial charge < -0.3 is 30.9 Å². The summed E-state index contributed by atoms with van der Waals surface area (Å²) in [6.07, 6.45) is 0. The maximum atomic E-state index is 12.9. The monoisotopic (exact) mass is 503 g/mol. The third-order valence-electron chi connectivity index (χ3n) is 5.76. The first-order chi connectivity index (χ1) is 17.9. The molecule has 2 aromatic carbocycles. The zero-order valence-corrected chi connectivity index (χ0v) is 20.5. The van der Waals surface area contributed by atoms with Crippen molar-refractivity contribution in [3.8, 4) is 17.1 Å². The molecule has 0 atom stereocenters. The number of phenols is 1. The van der Waals surface area contributed by atoms with Crippen molar-refractivity contribution in [3.05, 3.63) is 60.7 Å². The molecule has 37 heavy (non-hydrogen) atoms. The number of benzene rings is 2. The number of anilines is 3. The second-order valence-corrected chi connectivity index (χ2v) is 8.49. The lowest BCUT2D eigenvalue weighted by Gasteiger charge is -2.35. The molecule has 1 fully saturated rings. The van der Waals surface area contributed by atoms with E-state index in [4.69, 9.17) is 0 Å². The Hall–Kier alpha value is -4.67. The fraction of sp³-hybridized carbons (Fsp3) is 0.269. The number of hydrogen-bond donors (Lipinski definition) is 4. The molecule has 3 amide bonds. The standard InChI is InChI=1S/C26H29N7O4/c1-18(34)27-10-11-28-22-17-23(30-24(29-22)19-6-3-2-4-7-19)31-25(36)26(37)33-14-12-32(13-15-33)20-8-5-9-21(35)16-20/h2-9,16-17,35H,10-15H2,1H3,(H,27,34)(H2,28,29,30,31,36). The molecule has 0 aliphatic carbocycles. The van der Waals surface area contributed by atoms with Gasteiger partial charge in [0.2, 0.25) is 5.91 Å². The van der Waals surface area contributed by atoms with Gasteiger partial charge in [-0.2, -0.15) is 0 Å². The molecule has 2 heterocycles. The van der Waals surface area contributed by atoms with Gasteiger partial charge in [-0.15, -0.1) is 0 Å². The first kappa shape index (κ1) is 25.4. The number of amides is 3. The zero-order chi connectivity index (χ0) is 26.2. The van der Waals surface area contributed by atoms with Gasteiger partial charge in [-0.3, -0.25) is 14.4 Å². The van der Waals surface area contributed by atoms with E-state index in [1.165, 1.54) is 11.8 Å². The summed E-state index contributed by atoms with van der Waals surface area (Å²) in [6.45, 7) is 4.07. The summed E-state index contributed by atoms with van der Waals surface area (Å²) in [5.41, 5.74) is 1.61. The molecule has 192 valence electrons. The smallest absolute Gasteiger partial charge is 0.315 e. The van der Waals surface area contributed by atoms with Crippen LogP contribution in [0.25, 0.3) is 11.4 Å². The van der Waals surface area contributed by atoms with Gasteiger partial charge >= 0.3 is 11.8 Å². The lowest BCUT2D eigenvalue weighted by Crippen LogP contribution is -2.51. The van der Waals surface area contributed by atoms with Crippen LogP contribution in [0.15, 0.2) is 60.7 Å². The minimum Gasteiger partial charge on any atom is -0.508 e. The number of phenolic OH excluding ortho intramolecular Hbond substituents is 1. The fourth-order valence-corrected chi connectivity index (χ4v) is 3.92. The van der Waals surface area contributed by atoms with E-state index in [1.807, 2.05) is 36.4 Å². The molecule has 4 N–H and O–H groups in total. The van der Waals surface area contributed by atoms with Crippen LogP contribution in [0, 0.1) is 0 Å². The first-order valence-corrected chi connectivity index (χ1v) is 12.0. The molecule has 1 saturated heterocycles. The summed E-state index contributed by atoms with van der Waals surface area (Å²) in [5.74, 6) is -0.368. The minimum absolute atomic E-state index is 0.135. The normalized spacial score (nSPS) is 13.1. The molecule has 11 nitrogen and oxygen atoms in total. The number of piperazine rings is 1. The Morgan fingerprint density at radius 2 is 1.62 bits per heavy atom. The first-order valence-electron chi connectivity index (χ1n) is 12.0. The van der Waals surface area contributed by atoms with Crippen LogP contribution < -0.4 is 20.9 Å². The van der Waals surface area contributed by atoms with Crippen molar-refractivity contribution in [1.82, 2.24) is 20.2 Å². The second-order valence-electron chi connectivity index (χ2n) is 8.49. The van der Waals surface area contributed by atoms with Crippen molar-refractivity contribution in [3.63, 3.8) is 0 Å². The molecule has 3 aromatic rings. The molecule has 0 radical (unpaired) electrons. The van der Waals surface area contributed by atoms with Crippen molar-refractivity contribution in [1.29, 1.82) is 0 Å². The Morgan fingerprint density at radius 1 is 0.892 bits per heavy atom. The highest BCUT2D eigenvalue weighted by Crippen LogP contribution is 2.22. The molecule has 1 aromatic heterocycles. The van der Waals surface area contributed by atoms with Crippen molar-refractivity contribution in [2.24, 2.45) is 0 Å². The van der Waals surface area contributed by atoms with Crippen LogP contribution >= 0.6 is 0 Å².